The third-order valence-electron chi connectivity index (χ3n) is 7.35. The first-order valence-electron chi connectivity index (χ1n) is 12.7. The van der Waals surface area contributed by atoms with E-state index >= 15 is 0 Å². The first-order valence-corrected chi connectivity index (χ1v) is 12.7. The highest BCUT2D eigenvalue weighted by molar-refractivity contribution is 5.82. The van der Waals surface area contributed by atoms with Crippen molar-refractivity contribution in [1.29, 1.82) is 0 Å². The molecule has 11 nitrogen and oxygen atoms in total. The second-order valence-corrected chi connectivity index (χ2v) is 10.6. The first kappa shape index (κ1) is 25.1. The van der Waals surface area contributed by atoms with Gasteiger partial charge in [0, 0.05) is 24.7 Å². The third-order valence-corrected chi connectivity index (χ3v) is 7.35. The number of imidazole rings is 1. The van der Waals surface area contributed by atoms with E-state index in [1.807, 2.05) is 31.4 Å². The van der Waals surface area contributed by atoms with Crippen molar-refractivity contribution in [2.24, 2.45) is 5.92 Å². The fraction of sp³-hybridized carbons (Fsp3) is 0.680. The first-order chi connectivity index (χ1) is 17.1. The maximum absolute atomic E-state index is 11.6. The normalized spacial score (nSPS) is 31.4. The van der Waals surface area contributed by atoms with Gasteiger partial charge in [0.1, 0.15) is 24.1 Å². The Hall–Kier alpha value is -2.60. The van der Waals surface area contributed by atoms with E-state index in [-0.39, 0.29) is 18.2 Å². The van der Waals surface area contributed by atoms with Crippen molar-refractivity contribution in [1.82, 2.24) is 24.4 Å². The number of anilines is 1. The van der Waals surface area contributed by atoms with Crippen LogP contribution < -0.4 is 5.73 Å². The van der Waals surface area contributed by atoms with Crippen LogP contribution in [0.5, 0.6) is 0 Å². The molecule has 36 heavy (non-hydrogen) atoms. The van der Waals surface area contributed by atoms with Crippen molar-refractivity contribution in [3.05, 3.63) is 24.8 Å². The zero-order valence-electron chi connectivity index (χ0n) is 21.6. The van der Waals surface area contributed by atoms with Gasteiger partial charge in [-0.15, -0.1) is 0 Å². The second kappa shape index (κ2) is 9.37. The van der Waals surface area contributed by atoms with Crippen molar-refractivity contribution < 1.29 is 23.7 Å². The lowest BCUT2D eigenvalue weighted by Crippen LogP contribution is -2.53. The molecule has 3 atom stereocenters. The Labute approximate surface area is 210 Å². The van der Waals surface area contributed by atoms with Crippen LogP contribution in [-0.4, -0.2) is 80.2 Å². The number of ether oxygens (including phenoxy) is 4. The third kappa shape index (κ3) is 4.38. The molecular weight excluding hydrogens is 464 g/mol. The van der Waals surface area contributed by atoms with Crippen LogP contribution in [0.2, 0.25) is 0 Å². The average molecular weight is 501 g/mol. The van der Waals surface area contributed by atoms with Gasteiger partial charge in [-0.3, -0.25) is 9.47 Å². The summed E-state index contributed by atoms with van der Waals surface area (Å²) < 4.78 is 26.2. The SMILES string of the molecule is CCOC(=O)/C=C/[C@H]1C[C@@H](N(C[C@H]2OC[C@@]3(n4cnc5c(N)ncnc54)OC(C)(C)O[C@H]23)C(C)C)C1. The summed E-state index contributed by atoms with van der Waals surface area (Å²) in [6, 6.07) is 0.720. The quantitative estimate of drug-likeness (QED) is 0.426. The summed E-state index contributed by atoms with van der Waals surface area (Å²) in [5.41, 5.74) is 6.25. The molecule has 3 fully saturated rings. The molecule has 1 saturated carbocycles. The Bertz CT molecular complexity index is 1140. The monoisotopic (exact) mass is 500 g/mol. The molecule has 2 N–H and O–H groups in total. The molecule has 5 rings (SSSR count). The largest absolute Gasteiger partial charge is 0.463 e. The Kier molecular flexibility index (Phi) is 6.52. The van der Waals surface area contributed by atoms with Gasteiger partial charge in [-0.2, -0.15) is 0 Å². The molecule has 1 aliphatic carbocycles. The van der Waals surface area contributed by atoms with Crippen LogP contribution in [0.1, 0.15) is 47.5 Å². The van der Waals surface area contributed by atoms with Crippen LogP contribution in [0.3, 0.4) is 0 Å². The van der Waals surface area contributed by atoms with E-state index < -0.39 is 11.5 Å². The highest BCUT2D eigenvalue weighted by atomic mass is 16.8. The number of nitrogens with zero attached hydrogens (tertiary/aromatic N) is 5. The second-order valence-electron chi connectivity index (χ2n) is 10.6. The molecule has 2 saturated heterocycles. The minimum absolute atomic E-state index is 0.208. The van der Waals surface area contributed by atoms with E-state index in [0.717, 1.165) is 12.8 Å². The summed E-state index contributed by atoms with van der Waals surface area (Å²) in [6.07, 6.45) is 8.05. The van der Waals surface area contributed by atoms with E-state index in [1.54, 1.807) is 12.4 Å². The van der Waals surface area contributed by atoms with E-state index in [0.29, 0.717) is 54.7 Å². The van der Waals surface area contributed by atoms with Gasteiger partial charge in [0.2, 0.25) is 5.72 Å². The van der Waals surface area contributed by atoms with Crippen LogP contribution in [0, 0.1) is 5.92 Å². The summed E-state index contributed by atoms with van der Waals surface area (Å²) in [6.45, 7) is 11.4. The minimum Gasteiger partial charge on any atom is -0.463 e. The van der Waals surface area contributed by atoms with Gasteiger partial charge in [0.15, 0.2) is 17.3 Å². The number of fused-ring (bicyclic) bond motifs is 2. The predicted octanol–water partition coefficient (Wildman–Crippen LogP) is 2.22. The summed E-state index contributed by atoms with van der Waals surface area (Å²) in [5, 5.41) is 0. The molecule has 0 bridgehead atoms. The van der Waals surface area contributed by atoms with Crippen LogP contribution in [-0.2, 0) is 29.5 Å². The highest BCUT2D eigenvalue weighted by Gasteiger charge is 2.63. The zero-order valence-corrected chi connectivity index (χ0v) is 21.6. The molecule has 0 amide bonds. The van der Waals surface area contributed by atoms with Crippen molar-refractivity contribution in [3.63, 3.8) is 0 Å². The maximum atomic E-state index is 11.6. The molecule has 0 aromatic carbocycles. The average Bonchev–Trinajstić information content (AvgIpc) is 3.42. The Morgan fingerprint density at radius 3 is 2.83 bits per heavy atom. The smallest absolute Gasteiger partial charge is 0.330 e. The highest BCUT2D eigenvalue weighted by Crippen LogP contribution is 2.48. The van der Waals surface area contributed by atoms with Crippen molar-refractivity contribution in [2.75, 3.05) is 25.5 Å². The maximum Gasteiger partial charge on any atom is 0.330 e. The van der Waals surface area contributed by atoms with Gasteiger partial charge in [-0.05, 0) is 53.4 Å². The predicted molar refractivity (Wildman–Crippen MR) is 132 cm³/mol. The Morgan fingerprint density at radius 1 is 1.33 bits per heavy atom. The fourth-order valence-electron chi connectivity index (χ4n) is 5.68. The lowest BCUT2D eigenvalue weighted by molar-refractivity contribution is -0.206. The number of carbonyl (C=O) groups is 1. The summed E-state index contributed by atoms with van der Waals surface area (Å²) in [7, 11) is 0. The molecule has 0 unspecified atom stereocenters. The molecular formula is C25H36N6O5. The van der Waals surface area contributed by atoms with Crippen LogP contribution in [0.15, 0.2) is 24.8 Å². The van der Waals surface area contributed by atoms with Gasteiger partial charge < -0.3 is 24.7 Å². The summed E-state index contributed by atoms with van der Waals surface area (Å²) in [5.74, 6) is -0.388. The lowest BCUT2D eigenvalue weighted by atomic mass is 9.78. The van der Waals surface area contributed by atoms with E-state index in [4.69, 9.17) is 24.7 Å². The molecule has 3 aliphatic rings. The van der Waals surface area contributed by atoms with E-state index in [2.05, 4.69) is 33.7 Å². The molecule has 2 aromatic heterocycles. The molecule has 11 heteroatoms. The minimum atomic E-state index is -0.906. The number of hydrogen-bond donors (Lipinski definition) is 1. The zero-order chi connectivity index (χ0) is 25.7. The Balaban J connectivity index is 1.33. The number of rotatable bonds is 8. The van der Waals surface area contributed by atoms with Gasteiger partial charge >= 0.3 is 5.97 Å². The van der Waals surface area contributed by atoms with Crippen LogP contribution in [0.25, 0.3) is 11.2 Å². The molecule has 2 aliphatic heterocycles. The molecule has 0 spiro atoms. The number of aromatic nitrogens is 4. The van der Waals surface area contributed by atoms with Crippen molar-refractivity contribution >= 4 is 23.0 Å². The van der Waals surface area contributed by atoms with Gasteiger partial charge in [0.05, 0.1) is 19.5 Å². The topological polar surface area (TPSA) is 127 Å². The van der Waals surface area contributed by atoms with Gasteiger partial charge in [-0.25, -0.2) is 19.7 Å². The van der Waals surface area contributed by atoms with E-state index in [9.17, 15) is 4.79 Å². The molecule has 2 aromatic rings. The molecule has 4 heterocycles. The van der Waals surface area contributed by atoms with Gasteiger partial charge in [-0.1, -0.05) is 6.08 Å². The van der Waals surface area contributed by atoms with Crippen LogP contribution >= 0.6 is 0 Å². The number of nitrogens with two attached hydrogens (primary N) is 1. The number of hydrogen-bond acceptors (Lipinski definition) is 10. The number of nitrogen functional groups attached to an aromatic ring is 1. The fourth-order valence-corrected chi connectivity index (χ4v) is 5.68. The number of allylic oxidation sites excluding steroid dienone is 1. The van der Waals surface area contributed by atoms with Crippen LogP contribution in [0.4, 0.5) is 5.82 Å². The summed E-state index contributed by atoms with van der Waals surface area (Å²) >= 11 is 0. The Morgan fingerprint density at radius 2 is 2.11 bits per heavy atom. The molecule has 0 radical (unpaired) electrons. The standard InChI is InChI=1S/C25H36N6O5/c1-6-33-19(32)8-7-16-9-17(10-16)30(15(2)3)11-18-21-25(12-34-18,36-24(4,5)35-21)31-14-29-20-22(26)27-13-28-23(20)31/h7-8,13-18,21H,6,9-12H2,1-5H3,(H2,26,27,28)/b8-7+/t16-,17+,18-,21-,25-/m1/s1. The number of esters is 1. The van der Waals surface area contributed by atoms with Crippen molar-refractivity contribution in [2.45, 2.75) is 83.3 Å². The summed E-state index contributed by atoms with van der Waals surface area (Å²) in [4.78, 5) is 27.1. The lowest BCUT2D eigenvalue weighted by Gasteiger charge is -2.45. The van der Waals surface area contributed by atoms with Crippen molar-refractivity contribution in [3.8, 4) is 0 Å². The number of carbonyl (C=O) groups excluding carboxylic acids is 1. The molecule has 196 valence electrons. The van der Waals surface area contributed by atoms with Gasteiger partial charge in [0.25, 0.3) is 0 Å². The van der Waals surface area contributed by atoms with E-state index in [1.165, 1.54) is 6.33 Å².